The predicted molar refractivity (Wildman–Crippen MR) is 76.4 cm³/mol. The van der Waals surface area contributed by atoms with E-state index in [0.29, 0.717) is 25.0 Å². The molecule has 0 aromatic heterocycles. The number of rotatable bonds is 0. The fraction of sp³-hybridized carbons (Fsp3) is 0.471. The maximum absolute atomic E-state index is 12.4. The van der Waals surface area contributed by atoms with Gasteiger partial charge in [-0.3, -0.25) is 4.79 Å². The Kier molecular flexibility index (Phi) is 2.14. The molecule has 4 nitrogen and oxygen atoms in total. The lowest BCUT2D eigenvalue weighted by atomic mass is 9.76. The molecule has 1 saturated carbocycles. The first kappa shape index (κ1) is 12.0. The minimum atomic E-state index is -1.23. The van der Waals surface area contributed by atoms with Crippen molar-refractivity contribution in [2.45, 2.75) is 18.6 Å². The van der Waals surface area contributed by atoms with Crippen LogP contribution in [0.5, 0.6) is 0 Å². The van der Waals surface area contributed by atoms with Crippen molar-refractivity contribution in [3.8, 4) is 0 Å². The van der Waals surface area contributed by atoms with Crippen LogP contribution in [0, 0.1) is 17.3 Å². The number of hydrogen-bond acceptors (Lipinski definition) is 3. The summed E-state index contributed by atoms with van der Waals surface area (Å²) in [7, 11) is 0. The van der Waals surface area contributed by atoms with Gasteiger partial charge in [-0.25, -0.2) is 0 Å². The molecule has 1 aromatic carbocycles. The van der Waals surface area contributed by atoms with E-state index in [9.17, 15) is 4.79 Å². The van der Waals surface area contributed by atoms with E-state index in [1.165, 1.54) is 6.42 Å². The molecule has 1 amide bonds. The molecular weight excluding hydrogens is 266 g/mol. The summed E-state index contributed by atoms with van der Waals surface area (Å²) in [5.41, 5.74) is 1.68. The number of carbonyl (C=O) groups excluding carboxylic acids is 1. The lowest BCUT2D eigenvalue weighted by Crippen LogP contribution is -2.52. The molecule has 2 atom stereocenters. The monoisotopic (exact) mass is 283 g/mol. The number of carbonyl (C=O) groups is 1. The topological polar surface area (TPSA) is 47.6 Å². The van der Waals surface area contributed by atoms with Crippen molar-refractivity contribution in [1.29, 1.82) is 0 Å². The number of amides is 1. The molecule has 1 saturated heterocycles. The van der Waals surface area contributed by atoms with E-state index < -0.39 is 5.79 Å². The molecule has 2 heterocycles. The molecule has 2 aliphatic heterocycles. The number of nitrogens with one attached hydrogen (secondary N) is 1. The second kappa shape index (κ2) is 3.76. The number of fused-ring (bicyclic) bond motifs is 5. The molecule has 21 heavy (non-hydrogen) atoms. The molecule has 2 bridgehead atoms. The average Bonchev–Trinajstić information content (AvgIpc) is 3.16. The number of hydrogen-bond donors (Lipinski definition) is 1. The fourth-order valence-electron chi connectivity index (χ4n) is 4.45. The van der Waals surface area contributed by atoms with Gasteiger partial charge in [-0.2, -0.15) is 0 Å². The van der Waals surface area contributed by atoms with Crippen LogP contribution >= 0.6 is 0 Å². The Morgan fingerprint density at radius 1 is 1.14 bits per heavy atom. The van der Waals surface area contributed by atoms with Gasteiger partial charge < -0.3 is 14.8 Å². The SMILES string of the molecule is O=C1Nc2ccccc2C12OCC1(CO2)C[C@@H]2C=C[C@H]1C2. The number of anilines is 1. The van der Waals surface area contributed by atoms with E-state index in [2.05, 4.69) is 17.5 Å². The van der Waals surface area contributed by atoms with Crippen LogP contribution in [0.25, 0.3) is 0 Å². The van der Waals surface area contributed by atoms with Crippen molar-refractivity contribution in [1.82, 2.24) is 0 Å². The Hall–Kier alpha value is -1.65. The first-order chi connectivity index (χ1) is 10.2. The van der Waals surface area contributed by atoms with E-state index >= 15 is 0 Å². The average molecular weight is 283 g/mol. The van der Waals surface area contributed by atoms with E-state index in [-0.39, 0.29) is 11.3 Å². The van der Waals surface area contributed by atoms with Crippen molar-refractivity contribution < 1.29 is 14.3 Å². The highest BCUT2D eigenvalue weighted by Crippen LogP contribution is 2.56. The lowest BCUT2D eigenvalue weighted by Gasteiger charge is -2.44. The Bertz CT molecular complexity index is 658. The van der Waals surface area contributed by atoms with E-state index in [0.717, 1.165) is 17.7 Å². The van der Waals surface area contributed by atoms with Crippen molar-refractivity contribution in [2.24, 2.45) is 17.3 Å². The van der Waals surface area contributed by atoms with Crippen LogP contribution in [-0.2, 0) is 20.1 Å². The first-order valence-corrected chi connectivity index (χ1v) is 7.59. The highest BCUT2D eigenvalue weighted by atomic mass is 16.7. The first-order valence-electron chi connectivity index (χ1n) is 7.59. The summed E-state index contributed by atoms with van der Waals surface area (Å²) in [6.07, 6.45) is 6.95. The van der Waals surface area contributed by atoms with Crippen LogP contribution < -0.4 is 5.32 Å². The second-order valence-electron chi connectivity index (χ2n) is 6.75. The molecular formula is C17H17NO3. The maximum atomic E-state index is 12.4. The lowest BCUT2D eigenvalue weighted by molar-refractivity contribution is -0.294. The van der Waals surface area contributed by atoms with Crippen molar-refractivity contribution in [3.63, 3.8) is 0 Å². The van der Waals surface area contributed by atoms with E-state index in [4.69, 9.17) is 9.47 Å². The van der Waals surface area contributed by atoms with Gasteiger partial charge in [0.05, 0.1) is 18.9 Å². The summed E-state index contributed by atoms with van der Waals surface area (Å²) >= 11 is 0. The van der Waals surface area contributed by atoms with Crippen LogP contribution in [0.4, 0.5) is 5.69 Å². The van der Waals surface area contributed by atoms with Crippen LogP contribution in [0.15, 0.2) is 36.4 Å². The molecule has 2 fully saturated rings. The van der Waals surface area contributed by atoms with Crippen LogP contribution in [-0.4, -0.2) is 19.1 Å². The summed E-state index contributed by atoms with van der Waals surface area (Å²) in [5.74, 6) is -0.217. The number of benzene rings is 1. The molecule has 5 rings (SSSR count). The summed E-state index contributed by atoms with van der Waals surface area (Å²) in [5, 5.41) is 2.87. The molecule has 108 valence electrons. The van der Waals surface area contributed by atoms with Crippen LogP contribution in [0.3, 0.4) is 0 Å². The summed E-state index contributed by atoms with van der Waals surface area (Å²) < 4.78 is 12.2. The van der Waals surface area contributed by atoms with Gasteiger partial charge in [0.1, 0.15) is 0 Å². The van der Waals surface area contributed by atoms with Gasteiger partial charge in [0.25, 0.3) is 11.7 Å². The van der Waals surface area contributed by atoms with Gasteiger partial charge in [-0.05, 0) is 30.7 Å². The normalized spacial score (nSPS) is 42.8. The molecule has 0 unspecified atom stereocenters. The zero-order valence-electron chi connectivity index (χ0n) is 11.7. The molecule has 1 aromatic rings. The summed E-state index contributed by atoms with van der Waals surface area (Å²) in [6, 6.07) is 7.62. The van der Waals surface area contributed by atoms with Crippen LogP contribution in [0.2, 0.25) is 0 Å². The van der Waals surface area contributed by atoms with Gasteiger partial charge in [-0.15, -0.1) is 0 Å². The number of ether oxygens (including phenoxy) is 2. The van der Waals surface area contributed by atoms with Gasteiger partial charge in [0.2, 0.25) is 0 Å². The predicted octanol–water partition coefficient (Wildman–Crippen LogP) is 2.42. The van der Waals surface area contributed by atoms with Crippen molar-refractivity contribution >= 4 is 11.6 Å². The molecule has 1 N–H and O–H groups in total. The Labute approximate surface area is 123 Å². The Morgan fingerprint density at radius 2 is 1.95 bits per heavy atom. The van der Waals surface area contributed by atoms with Crippen LogP contribution in [0.1, 0.15) is 18.4 Å². The molecule has 4 aliphatic rings. The zero-order chi connectivity index (χ0) is 14.1. The van der Waals surface area contributed by atoms with Crippen molar-refractivity contribution in [3.05, 3.63) is 42.0 Å². The smallest absolute Gasteiger partial charge is 0.289 e. The van der Waals surface area contributed by atoms with Gasteiger partial charge in [0.15, 0.2) is 0 Å². The quantitative estimate of drug-likeness (QED) is 0.744. The third-order valence-corrected chi connectivity index (χ3v) is 5.58. The van der Waals surface area contributed by atoms with Crippen molar-refractivity contribution in [2.75, 3.05) is 18.5 Å². The zero-order valence-corrected chi connectivity index (χ0v) is 11.7. The Balaban J connectivity index is 1.49. The van der Waals surface area contributed by atoms with Gasteiger partial charge in [-0.1, -0.05) is 30.4 Å². The minimum Gasteiger partial charge on any atom is -0.338 e. The third-order valence-electron chi connectivity index (χ3n) is 5.58. The number of allylic oxidation sites excluding steroid dienone is 2. The third kappa shape index (κ3) is 1.39. The standard InChI is InChI=1S/C17H17NO3/c19-15-17(13-3-1-2-4-14(13)18-15)20-9-16(10-21-17)8-11-5-6-12(16)7-11/h1-6,11-12H,7-10H2,(H,18,19)/t11-,12+,16?,17?/m1/s1. The summed E-state index contributed by atoms with van der Waals surface area (Å²) in [4.78, 5) is 12.4. The number of para-hydroxylation sites is 1. The fourth-order valence-corrected chi connectivity index (χ4v) is 4.45. The molecule has 0 radical (unpaired) electrons. The highest BCUT2D eigenvalue weighted by Gasteiger charge is 2.59. The minimum absolute atomic E-state index is 0.0719. The largest absolute Gasteiger partial charge is 0.338 e. The Morgan fingerprint density at radius 3 is 2.67 bits per heavy atom. The molecule has 4 heteroatoms. The highest BCUT2D eigenvalue weighted by molar-refractivity contribution is 6.04. The maximum Gasteiger partial charge on any atom is 0.289 e. The van der Waals surface area contributed by atoms with Gasteiger partial charge in [0, 0.05) is 11.0 Å². The van der Waals surface area contributed by atoms with Gasteiger partial charge >= 0.3 is 0 Å². The molecule has 2 spiro atoms. The van der Waals surface area contributed by atoms with E-state index in [1.807, 2.05) is 24.3 Å². The summed E-state index contributed by atoms with van der Waals surface area (Å²) in [6.45, 7) is 1.19. The van der Waals surface area contributed by atoms with E-state index in [1.54, 1.807) is 0 Å². The second-order valence-corrected chi connectivity index (χ2v) is 6.75. The molecule has 2 aliphatic carbocycles.